The number of nitrogens with zero attached hydrogens (tertiary/aromatic N) is 1. The van der Waals surface area contributed by atoms with Gasteiger partial charge in [0.15, 0.2) is 0 Å². The van der Waals surface area contributed by atoms with Gasteiger partial charge in [0.2, 0.25) is 5.91 Å². The van der Waals surface area contributed by atoms with E-state index in [1.165, 1.54) is 0 Å². The molecule has 1 aromatic heterocycles. The van der Waals surface area contributed by atoms with Gasteiger partial charge in [-0.2, -0.15) is 0 Å². The van der Waals surface area contributed by atoms with Crippen LogP contribution in [0, 0.1) is 6.07 Å². The molecule has 5 rings (SSSR count). The Morgan fingerprint density at radius 3 is 2.39 bits per heavy atom. The lowest BCUT2D eigenvalue weighted by atomic mass is 10.0. The van der Waals surface area contributed by atoms with Crippen LogP contribution in [0.3, 0.4) is 0 Å². The van der Waals surface area contributed by atoms with Gasteiger partial charge in [-0.05, 0) is 71.8 Å². The van der Waals surface area contributed by atoms with E-state index < -0.39 is 5.91 Å². The molecule has 0 unspecified atom stereocenters. The number of hydrogen-bond donors (Lipinski definition) is 1. The predicted molar refractivity (Wildman–Crippen MR) is 138 cm³/mol. The molecule has 0 fully saturated rings. The Morgan fingerprint density at radius 2 is 1.64 bits per heavy atom. The van der Waals surface area contributed by atoms with E-state index in [4.69, 9.17) is 52.1 Å². The van der Waals surface area contributed by atoms with Crippen molar-refractivity contribution in [2.45, 2.75) is 6.54 Å². The first-order valence-electron chi connectivity index (χ1n) is 9.99. The number of carbonyl (C=O) groups excluding carboxylic acids is 1. The molecule has 4 aromatic carbocycles. The second-order valence-electron chi connectivity index (χ2n) is 7.66. The van der Waals surface area contributed by atoms with Crippen LogP contribution < -0.4 is 5.73 Å². The van der Waals surface area contributed by atoms with Gasteiger partial charge in [-0.1, -0.05) is 58.5 Å². The van der Waals surface area contributed by atoms with Gasteiger partial charge in [0.05, 0.1) is 11.0 Å². The zero-order chi connectivity index (χ0) is 23.3. The summed E-state index contributed by atoms with van der Waals surface area (Å²) >= 11 is 25.3. The molecule has 2 N–H and O–H groups in total. The van der Waals surface area contributed by atoms with Crippen LogP contribution in [-0.4, -0.2) is 10.5 Å². The number of nitrogens with two attached hydrogens (primary N) is 1. The summed E-state index contributed by atoms with van der Waals surface area (Å²) < 4.78 is 2.08. The average molecular weight is 513 g/mol. The van der Waals surface area contributed by atoms with Gasteiger partial charge >= 0.3 is 0 Å². The molecule has 3 nitrogen and oxygen atoms in total. The van der Waals surface area contributed by atoms with Crippen LogP contribution in [-0.2, 0) is 6.54 Å². The molecule has 1 radical (unpaired) electrons. The third-order valence-electron chi connectivity index (χ3n) is 5.64. The Balaban J connectivity index is 1.82. The summed E-state index contributed by atoms with van der Waals surface area (Å²) in [6, 6.07) is 23.4. The first kappa shape index (κ1) is 22.1. The van der Waals surface area contributed by atoms with Crippen molar-refractivity contribution in [2.75, 3.05) is 0 Å². The van der Waals surface area contributed by atoms with Crippen molar-refractivity contribution in [1.29, 1.82) is 0 Å². The van der Waals surface area contributed by atoms with Crippen molar-refractivity contribution in [1.82, 2.24) is 4.57 Å². The maximum Gasteiger partial charge on any atom is 0.249 e. The second kappa shape index (κ2) is 8.58. The van der Waals surface area contributed by atoms with Crippen LogP contribution in [0.1, 0.15) is 15.9 Å². The fraction of sp³-hybridized carbons (Fsp3) is 0.0385. The maximum absolute atomic E-state index is 12.2. The number of carbonyl (C=O) groups is 1. The number of primary amides is 1. The largest absolute Gasteiger partial charge is 0.366 e. The quantitative estimate of drug-likeness (QED) is 0.260. The van der Waals surface area contributed by atoms with Crippen molar-refractivity contribution in [3.8, 4) is 11.1 Å². The lowest BCUT2D eigenvalue weighted by Gasteiger charge is -2.11. The van der Waals surface area contributed by atoms with Crippen LogP contribution in [0.15, 0.2) is 66.7 Å². The Hall–Kier alpha value is -2.69. The molecule has 0 aliphatic rings. The predicted octanol–water partition coefficient (Wildman–Crippen LogP) is 8.02. The number of amides is 1. The van der Waals surface area contributed by atoms with Crippen LogP contribution >= 0.6 is 46.4 Å². The molecule has 0 atom stereocenters. The number of fused-ring (bicyclic) bond motifs is 3. The van der Waals surface area contributed by atoms with Gasteiger partial charge in [0.25, 0.3) is 0 Å². The standard InChI is InChI=1S/C26H15Cl4N2O/c27-16-6-9-21(29)15(10-16)13-32-23-3-1-2-20(26(31)33)25(23)19-7-4-14(11-24(19)32)18-8-5-17(28)12-22(18)30/h1-6,8-12H,13H2,(H2,31,33). The molecule has 5 aromatic rings. The van der Waals surface area contributed by atoms with Crippen LogP contribution in [0.25, 0.3) is 32.9 Å². The second-order valence-corrected chi connectivity index (χ2v) is 9.35. The zero-order valence-electron chi connectivity index (χ0n) is 17.0. The summed E-state index contributed by atoms with van der Waals surface area (Å²) in [4.78, 5) is 12.2. The molecule has 1 amide bonds. The van der Waals surface area contributed by atoms with Crippen LogP contribution in [0.5, 0.6) is 0 Å². The summed E-state index contributed by atoms with van der Waals surface area (Å²) in [5.41, 5.74) is 10.4. The summed E-state index contributed by atoms with van der Waals surface area (Å²) in [5.74, 6) is -0.501. The average Bonchev–Trinajstić information content (AvgIpc) is 3.09. The minimum absolute atomic E-state index is 0.432. The summed E-state index contributed by atoms with van der Waals surface area (Å²) in [5, 5.41) is 3.81. The first-order valence-corrected chi connectivity index (χ1v) is 11.5. The lowest BCUT2D eigenvalue weighted by Crippen LogP contribution is -2.11. The molecule has 0 aliphatic carbocycles. The summed E-state index contributed by atoms with van der Waals surface area (Å²) in [6.07, 6.45) is 0. The van der Waals surface area contributed by atoms with Gasteiger partial charge < -0.3 is 10.3 Å². The van der Waals surface area contributed by atoms with E-state index in [1.807, 2.05) is 36.4 Å². The Bertz CT molecular complexity index is 1570. The molecule has 0 spiro atoms. The van der Waals surface area contributed by atoms with E-state index in [0.717, 1.165) is 38.5 Å². The number of rotatable bonds is 4. The molecule has 1 heterocycles. The van der Waals surface area contributed by atoms with Crippen molar-refractivity contribution >= 4 is 74.1 Å². The van der Waals surface area contributed by atoms with Crippen molar-refractivity contribution in [3.05, 3.63) is 104 Å². The van der Waals surface area contributed by atoms with Crippen molar-refractivity contribution < 1.29 is 4.79 Å². The van der Waals surface area contributed by atoms with Crippen LogP contribution in [0.4, 0.5) is 0 Å². The minimum atomic E-state index is -0.501. The monoisotopic (exact) mass is 511 g/mol. The highest BCUT2D eigenvalue weighted by molar-refractivity contribution is 6.36. The van der Waals surface area contributed by atoms with E-state index in [9.17, 15) is 4.79 Å². The summed E-state index contributed by atoms with van der Waals surface area (Å²) in [6.45, 7) is 0.438. The van der Waals surface area contributed by atoms with Gasteiger partial charge in [0, 0.05) is 48.5 Å². The Labute approximate surface area is 210 Å². The molecule has 0 saturated carbocycles. The topological polar surface area (TPSA) is 48.0 Å². The molecule has 0 saturated heterocycles. The number of halogens is 4. The zero-order valence-corrected chi connectivity index (χ0v) is 20.0. The third kappa shape index (κ3) is 3.96. The molecule has 0 aliphatic heterocycles. The van der Waals surface area contributed by atoms with Gasteiger partial charge in [-0.25, -0.2) is 0 Å². The summed E-state index contributed by atoms with van der Waals surface area (Å²) in [7, 11) is 0. The van der Waals surface area contributed by atoms with Gasteiger partial charge in [-0.3, -0.25) is 4.79 Å². The fourth-order valence-corrected chi connectivity index (χ4v) is 5.03. The Morgan fingerprint density at radius 1 is 0.879 bits per heavy atom. The molecule has 163 valence electrons. The van der Waals surface area contributed by atoms with E-state index in [2.05, 4.69) is 10.6 Å². The number of benzene rings is 4. The third-order valence-corrected chi connectivity index (χ3v) is 6.79. The normalized spacial score (nSPS) is 11.4. The van der Waals surface area contributed by atoms with Crippen molar-refractivity contribution in [2.24, 2.45) is 5.73 Å². The van der Waals surface area contributed by atoms with E-state index in [1.54, 1.807) is 30.3 Å². The molecular weight excluding hydrogens is 498 g/mol. The van der Waals surface area contributed by atoms with E-state index in [0.29, 0.717) is 32.2 Å². The lowest BCUT2D eigenvalue weighted by molar-refractivity contribution is 0.100. The van der Waals surface area contributed by atoms with Gasteiger partial charge in [-0.15, -0.1) is 0 Å². The highest BCUT2D eigenvalue weighted by Gasteiger charge is 2.18. The van der Waals surface area contributed by atoms with Gasteiger partial charge in [0.1, 0.15) is 0 Å². The van der Waals surface area contributed by atoms with Crippen LogP contribution in [0.2, 0.25) is 20.1 Å². The van der Waals surface area contributed by atoms with Crippen molar-refractivity contribution in [3.63, 3.8) is 0 Å². The Kier molecular flexibility index (Phi) is 5.75. The molecular formula is C26H15Cl4N2O. The first-order chi connectivity index (χ1) is 15.8. The number of hydrogen-bond acceptors (Lipinski definition) is 1. The van der Waals surface area contributed by atoms with E-state index >= 15 is 0 Å². The smallest absolute Gasteiger partial charge is 0.249 e. The highest BCUT2D eigenvalue weighted by Crippen LogP contribution is 2.37. The molecule has 7 heteroatoms. The highest BCUT2D eigenvalue weighted by atomic mass is 35.5. The molecule has 33 heavy (non-hydrogen) atoms. The number of aromatic nitrogens is 1. The van der Waals surface area contributed by atoms with E-state index in [-0.39, 0.29) is 0 Å². The molecule has 0 bridgehead atoms. The minimum Gasteiger partial charge on any atom is -0.366 e. The SMILES string of the molecule is NC(=O)c1cccc2c1c1[c]cc(-c3ccc(Cl)cc3Cl)cc1n2Cc1cc(Cl)ccc1Cl. The fourth-order valence-electron chi connectivity index (χ4n) is 4.15. The maximum atomic E-state index is 12.2.